The molecular formula is C18H29ClN2O2S. The molecule has 4 nitrogen and oxygen atoms in total. The predicted octanol–water partition coefficient (Wildman–Crippen LogP) is 3.23. The average Bonchev–Trinajstić information content (AvgIpc) is 2.58. The molecule has 2 atom stereocenters. The van der Waals surface area contributed by atoms with Gasteiger partial charge >= 0.3 is 0 Å². The van der Waals surface area contributed by atoms with Crippen molar-refractivity contribution in [3.8, 4) is 0 Å². The Labute approximate surface area is 152 Å². The first-order valence-corrected chi connectivity index (χ1v) is 10.4. The molecule has 3 rings (SSSR count). The molecule has 136 valence electrons. The van der Waals surface area contributed by atoms with Crippen LogP contribution < -0.4 is 0 Å². The van der Waals surface area contributed by atoms with Crippen LogP contribution in [0.5, 0.6) is 0 Å². The first kappa shape index (κ1) is 19.7. The van der Waals surface area contributed by atoms with Crippen LogP contribution in [-0.2, 0) is 16.4 Å². The van der Waals surface area contributed by atoms with E-state index >= 15 is 0 Å². The van der Waals surface area contributed by atoms with Crippen LogP contribution in [0.4, 0.5) is 0 Å². The molecule has 0 N–H and O–H groups in total. The number of piperidine rings is 1. The third-order valence-corrected chi connectivity index (χ3v) is 7.46. The number of unbranched alkanes of at least 4 members (excludes halogenated alkanes) is 1. The van der Waals surface area contributed by atoms with Crippen molar-refractivity contribution in [2.75, 3.05) is 25.9 Å². The summed E-state index contributed by atoms with van der Waals surface area (Å²) in [5.41, 5.74) is 2.84. The van der Waals surface area contributed by atoms with Gasteiger partial charge in [-0.25, -0.2) is 12.7 Å². The van der Waals surface area contributed by atoms with Gasteiger partial charge in [-0.1, -0.05) is 37.6 Å². The average molecular weight is 373 g/mol. The summed E-state index contributed by atoms with van der Waals surface area (Å²) in [6, 6.07) is 9.16. The fourth-order valence-electron chi connectivity index (χ4n) is 3.97. The van der Waals surface area contributed by atoms with Crippen LogP contribution in [0.3, 0.4) is 0 Å². The lowest BCUT2D eigenvalue weighted by atomic mass is 9.85. The first-order chi connectivity index (χ1) is 11.0. The van der Waals surface area contributed by atoms with Gasteiger partial charge in [-0.15, -0.1) is 12.4 Å². The molecule has 0 bridgehead atoms. The third-order valence-electron chi connectivity index (χ3n) is 5.48. The van der Waals surface area contributed by atoms with E-state index in [0.717, 1.165) is 45.2 Å². The maximum atomic E-state index is 12.5. The zero-order chi connectivity index (χ0) is 16.4. The summed E-state index contributed by atoms with van der Waals surface area (Å²) in [5, 5.41) is 0. The number of nitrogens with zero attached hydrogens (tertiary/aromatic N) is 2. The highest BCUT2D eigenvalue weighted by atomic mass is 35.5. The molecule has 0 aromatic heterocycles. The molecule has 0 aliphatic carbocycles. The van der Waals surface area contributed by atoms with Crippen molar-refractivity contribution in [2.24, 2.45) is 0 Å². The number of hydrogen-bond donors (Lipinski definition) is 0. The van der Waals surface area contributed by atoms with Crippen molar-refractivity contribution in [2.45, 2.75) is 51.1 Å². The molecule has 1 saturated heterocycles. The molecule has 1 aromatic rings. The number of fused-ring (bicyclic) bond motifs is 3. The van der Waals surface area contributed by atoms with Crippen molar-refractivity contribution in [3.63, 3.8) is 0 Å². The molecule has 2 heterocycles. The smallest absolute Gasteiger partial charge is 0.214 e. The highest BCUT2D eigenvalue weighted by molar-refractivity contribution is 7.89. The minimum atomic E-state index is -3.12. The van der Waals surface area contributed by atoms with E-state index in [-0.39, 0.29) is 24.2 Å². The summed E-state index contributed by atoms with van der Waals surface area (Å²) in [6.45, 7) is 4.13. The van der Waals surface area contributed by atoms with E-state index in [1.165, 1.54) is 11.1 Å². The van der Waals surface area contributed by atoms with Gasteiger partial charge in [0, 0.05) is 32.2 Å². The minimum absolute atomic E-state index is 0. The molecular weight excluding hydrogens is 344 g/mol. The SMILES string of the molecule is CCCCS(=O)(=O)N(C)C1CCN2CCc3ccccc3[C@H]2C1.Cl. The van der Waals surface area contributed by atoms with Gasteiger partial charge in [0.15, 0.2) is 0 Å². The number of benzene rings is 1. The zero-order valence-electron chi connectivity index (χ0n) is 14.6. The Bertz CT molecular complexity index is 650. The topological polar surface area (TPSA) is 40.6 Å². The van der Waals surface area contributed by atoms with Gasteiger partial charge in [0.25, 0.3) is 0 Å². The lowest BCUT2D eigenvalue weighted by molar-refractivity contribution is 0.0969. The van der Waals surface area contributed by atoms with E-state index in [4.69, 9.17) is 0 Å². The third kappa shape index (κ3) is 3.96. The van der Waals surface area contributed by atoms with E-state index in [2.05, 4.69) is 29.2 Å². The molecule has 1 aromatic carbocycles. The van der Waals surface area contributed by atoms with Gasteiger partial charge < -0.3 is 0 Å². The largest absolute Gasteiger partial charge is 0.296 e. The van der Waals surface area contributed by atoms with E-state index < -0.39 is 10.0 Å². The Morgan fingerprint density at radius 3 is 2.75 bits per heavy atom. The van der Waals surface area contributed by atoms with Crippen molar-refractivity contribution in [1.82, 2.24) is 9.21 Å². The molecule has 24 heavy (non-hydrogen) atoms. The molecule has 6 heteroatoms. The van der Waals surface area contributed by atoms with E-state index in [1.54, 1.807) is 11.4 Å². The maximum Gasteiger partial charge on any atom is 0.214 e. The predicted molar refractivity (Wildman–Crippen MR) is 101 cm³/mol. The Hall–Kier alpha value is -0.620. The summed E-state index contributed by atoms with van der Waals surface area (Å²) in [4.78, 5) is 2.53. The minimum Gasteiger partial charge on any atom is -0.296 e. The van der Waals surface area contributed by atoms with Gasteiger partial charge in [0.1, 0.15) is 0 Å². The molecule has 1 unspecified atom stereocenters. The zero-order valence-corrected chi connectivity index (χ0v) is 16.3. The van der Waals surface area contributed by atoms with Crippen molar-refractivity contribution in [1.29, 1.82) is 0 Å². The molecule has 1 fully saturated rings. The number of halogens is 1. The van der Waals surface area contributed by atoms with E-state index in [9.17, 15) is 8.42 Å². The summed E-state index contributed by atoms with van der Waals surface area (Å²) < 4.78 is 26.7. The fraction of sp³-hybridized carbons (Fsp3) is 0.667. The molecule has 0 saturated carbocycles. The first-order valence-electron chi connectivity index (χ1n) is 8.80. The normalized spacial score (nSPS) is 24.1. The summed E-state index contributed by atoms with van der Waals surface area (Å²) in [7, 11) is -1.34. The van der Waals surface area contributed by atoms with Crippen LogP contribution in [0.15, 0.2) is 24.3 Å². The van der Waals surface area contributed by atoms with Crippen molar-refractivity contribution in [3.05, 3.63) is 35.4 Å². The number of sulfonamides is 1. The Kier molecular flexibility index (Phi) is 6.71. The van der Waals surface area contributed by atoms with E-state index in [0.29, 0.717) is 6.04 Å². The Balaban J connectivity index is 0.00000208. The second-order valence-corrected chi connectivity index (χ2v) is 9.01. The van der Waals surface area contributed by atoms with Crippen LogP contribution in [0.2, 0.25) is 0 Å². The van der Waals surface area contributed by atoms with Gasteiger partial charge in [-0.05, 0) is 36.8 Å². The van der Waals surface area contributed by atoms with Crippen LogP contribution in [-0.4, -0.2) is 49.6 Å². The second kappa shape index (κ2) is 8.17. The van der Waals surface area contributed by atoms with E-state index in [1.807, 2.05) is 6.92 Å². The summed E-state index contributed by atoms with van der Waals surface area (Å²) in [6.07, 6.45) is 4.64. The van der Waals surface area contributed by atoms with Gasteiger partial charge in [-0.3, -0.25) is 4.90 Å². The lowest BCUT2D eigenvalue weighted by Crippen LogP contribution is -2.49. The monoisotopic (exact) mass is 372 g/mol. The van der Waals surface area contributed by atoms with Crippen LogP contribution >= 0.6 is 12.4 Å². The molecule has 0 spiro atoms. The summed E-state index contributed by atoms with van der Waals surface area (Å²) >= 11 is 0. The molecule has 2 aliphatic heterocycles. The van der Waals surface area contributed by atoms with Crippen LogP contribution in [0.25, 0.3) is 0 Å². The second-order valence-electron chi connectivity index (χ2n) is 6.86. The standard InChI is InChI=1S/C18H28N2O2S.ClH/c1-3-4-13-23(21,22)19(2)16-10-12-20-11-9-15-7-5-6-8-17(15)18(20)14-16;/h5-8,16,18H,3-4,9-14H2,1-2H3;1H/t16?,18-;/m1./s1. The molecule has 2 aliphatic rings. The summed E-state index contributed by atoms with van der Waals surface area (Å²) in [5.74, 6) is 0.279. The number of hydrogen-bond acceptors (Lipinski definition) is 3. The van der Waals surface area contributed by atoms with Gasteiger partial charge in [0.2, 0.25) is 10.0 Å². The molecule has 0 amide bonds. The fourth-order valence-corrected chi connectivity index (χ4v) is 5.55. The lowest BCUT2D eigenvalue weighted by Gasteiger charge is -2.45. The highest BCUT2D eigenvalue weighted by Crippen LogP contribution is 2.38. The van der Waals surface area contributed by atoms with Crippen molar-refractivity contribution < 1.29 is 8.42 Å². The van der Waals surface area contributed by atoms with Gasteiger partial charge in [0.05, 0.1) is 5.75 Å². The maximum absolute atomic E-state index is 12.5. The van der Waals surface area contributed by atoms with Crippen LogP contribution in [0.1, 0.15) is 49.8 Å². The van der Waals surface area contributed by atoms with Crippen LogP contribution in [0, 0.1) is 0 Å². The van der Waals surface area contributed by atoms with Gasteiger partial charge in [-0.2, -0.15) is 0 Å². The van der Waals surface area contributed by atoms with Crippen molar-refractivity contribution >= 4 is 22.4 Å². The highest BCUT2D eigenvalue weighted by Gasteiger charge is 2.37. The quantitative estimate of drug-likeness (QED) is 0.796. The molecule has 0 radical (unpaired) electrons. The Morgan fingerprint density at radius 2 is 2.00 bits per heavy atom. The Morgan fingerprint density at radius 1 is 1.25 bits per heavy atom. The number of rotatable bonds is 5.